The summed E-state index contributed by atoms with van der Waals surface area (Å²) in [5, 5.41) is 5.52. The van der Waals surface area contributed by atoms with Crippen molar-refractivity contribution in [3.8, 4) is 0 Å². The molecule has 0 spiro atoms. The Kier molecular flexibility index (Phi) is 5.55. The number of hydrogen-bond donors (Lipinski definition) is 3. The second kappa shape index (κ2) is 6.93. The summed E-state index contributed by atoms with van der Waals surface area (Å²) in [7, 11) is 0. The summed E-state index contributed by atoms with van der Waals surface area (Å²) in [6, 6.07) is 4.65. The van der Waals surface area contributed by atoms with Gasteiger partial charge in [0.25, 0.3) is 5.91 Å². The Morgan fingerprint density at radius 2 is 1.90 bits per heavy atom. The lowest BCUT2D eigenvalue weighted by atomic mass is 10.1. The van der Waals surface area contributed by atoms with Crippen molar-refractivity contribution < 1.29 is 9.59 Å². The molecule has 0 saturated carbocycles. The minimum Gasteiger partial charge on any atom is -0.399 e. The van der Waals surface area contributed by atoms with Gasteiger partial charge in [0.15, 0.2) is 0 Å². The average molecular weight is 277 g/mol. The molecule has 2 atom stereocenters. The van der Waals surface area contributed by atoms with Gasteiger partial charge in [-0.05, 0) is 44.9 Å². The van der Waals surface area contributed by atoms with Gasteiger partial charge in [-0.15, -0.1) is 0 Å². The zero-order chi connectivity index (χ0) is 15.3. The molecular formula is C15H23N3O2. The molecule has 1 aromatic carbocycles. The number of rotatable bonds is 5. The molecule has 110 valence electrons. The maximum atomic E-state index is 12.1. The Balaban J connectivity index is 2.70. The maximum Gasteiger partial charge on any atom is 0.252 e. The Morgan fingerprint density at radius 1 is 1.25 bits per heavy atom. The van der Waals surface area contributed by atoms with Crippen molar-refractivity contribution in [1.82, 2.24) is 10.6 Å². The molecule has 2 amide bonds. The third kappa shape index (κ3) is 4.26. The van der Waals surface area contributed by atoms with Gasteiger partial charge in [-0.1, -0.05) is 13.0 Å². The lowest BCUT2D eigenvalue weighted by Crippen LogP contribution is -2.47. The van der Waals surface area contributed by atoms with Crippen LogP contribution in [0.3, 0.4) is 0 Å². The van der Waals surface area contributed by atoms with E-state index in [0.717, 1.165) is 12.0 Å². The van der Waals surface area contributed by atoms with Gasteiger partial charge >= 0.3 is 0 Å². The highest BCUT2D eigenvalue weighted by molar-refractivity contribution is 5.99. The summed E-state index contributed by atoms with van der Waals surface area (Å²) in [5.74, 6) is -0.476. The number of aryl methyl sites for hydroxylation is 1. The van der Waals surface area contributed by atoms with Crippen LogP contribution in [-0.2, 0) is 4.79 Å². The summed E-state index contributed by atoms with van der Waals surface area (Å²) in [5.41, 5.74) is 7.52. The van der Waals surface area contributed by atoms with Crippen LogP contribution in [0.2, 0.25) is 0 Å². The van der Waals surface area contributed by atoms with Gasteiger partial charge in [-0.2, -0.15) is 0 Å². The fraction of sp³-hybridized carbons (Fsp3) is 0.467. The van der Waals surface area contributed by atoms with Gasteiger partial charge in [-0.25, -0.2) is 0 Å². The van der Waals surface area contributed by atoms with Gasteiger partial charge in [0, 0.05) is 17.3 Å². The third-order valence-electron chi connectivity index (χ3n) is 3.25. The molecule has 0 aliphatic carbocycles. The number of carbonyl (C=O) groups is 2. The minimum absolute atomic E-state index is 0.0935. The maximum absolute atomic E-state index is 12.1. The predicted molar refractivity (Wildman–Crippen MR) is 80.4 cm³/mol. The van der Waals surface area contributed by atoms with Crippen molar-refractivity contribution in [1.29, 1.82) is 0 Å². The number of amides is 2. The molecule has 0 aliphatic heterocycles. The highest BCUT2D eigenvalue weighted by Crippen LogP contribution is 2.12. The number of carbonyl (C=O) groups excluding carboxylic acids is 2. The zero-order valence-electron chi connectivity index (χ0n) is 12.5. The minimum atomic E-state index is -0.586. The van der Waals surface area contributed by atoms with Gasteiger partial charge in [0.1, 0.15) is 6.04 Å². The van der Waals surface area contributed by atoms with Gasteiger partial charge in [0.05, 0.1) is 0 Å². The van der Waals surface area contributed by atoms with E-state index < -0.39 is 6.04 Å². The van der Waals surface area contributed by atoms with Gasteiger partial charge in [-0.3, -0.25) is 9.59 Å². The molecule has 0 aromatic heterocycles. The molecule has 0 radical (unpaired) electrons. The Morgan fingerprint density at radius 3 is 2.50 bits per heavy atom. The van der Waals surface area contributed by atoms with Gasteiger partial charge in [0.2, 0.25) is 5.91 Å². The molecule has 5 heteroatoms. The first-order valence-corrected chi connectivity index (χ1v) is 6.82. The molecule has 20 heavy (non-hydrogen) atoms. The van der Waals surface area contributed by atoms with E-state index in [1.807, 2.05) is 20.8 Å². The van der Waals surface area contributed by atoms with E-state index in [2.05, 4.69) is 10.6 Å². The van der Waals surface area contributed by atoms with E-state index in [1.165, 1.54) is 0 Å². The van der Waals surface area contributed by atoms with E-state index in [0.29, 0.717) is 11.3 Å². The summed E-state index contributed by atoms with van der Waals surface area (Å²) < 4.78 is 0. The molecule has 0 bridgehead atoms. The zero-order valence-corrected chi connectivity index (χ0v) is 12.5. The lowest BCUT2D eigenvalue weighted by molar-refractivity contribution is -0.123. The van der Waals surface area contributed by atoms with Crippen molar-refractivity contribution in [3.05, 3.63) is 29.3 Å². The predicted octanol–water partition coefficient (Wildman–Crippen LogP) is 1.61. The van der Waals surface area contributed by atoms with Crippen LogP contribution < -0.4 is 16.4 Å². The Bertz CT molecular complexity index is 500. The van der Waals surface area contributed by atoms with Crippen molar-refractivity contribution in [2.24, 2.45) is 0 Å². The van der Waals surface area contributed by atoms with Crippen molar-refractivity contribution >= 4 is 17.5 Å². The van der Waals surface area contributed by atoms with Crippen LogP contribution in [-0.4, -0.2) is 23.9 Å². The molecule has 1 aromatic rings. The van der Waals surface area contributed by atoms with Crippen LogP contribution in [0.1, 0.15) is 43.1 Å². The third-order valence-corrected chi connectivity index (χ3v) is 3.25. The molecule has 4 N–H and O–H groups in total. The summed E-state index contributed by atoms with van der Waals surface area (Å²) in [6.45, 7) is 7.41. The number of nitrogen functional groups attached to an aromatic ring is 1. The summed E-state index contributed by atoms with van der Waals surface area (Å²) in [4.78, 5) is 24.0. The first kappa shape index (κ1) is 16.0. The van der Waals surface area contributed by atoms with E-state index >= 15 is 0 Å². The van der Waals surface area contributed by atoms with Crippen LogP contribution in [0.4, 0.5) is 5.69 Å². The average Bonchev–Trinajstić information content (AvgIpc) is 2.40. The smallest absolute Gasteiger partial charge is 0.252 e. The van der Waals surface area contributed by atoms with E-state index in [-0.39, 0.29) is 17.9 Å². The standard InChI is InChI=1S/C15H23N3O2/c1-5-10(3)17-14(19)11(4)18-15(20)13-8-12(16)7-6-9(13)2/h6-8,10-11H,5,16H2,1-4H3,(H,17,19)(H,18,20). The number of nitrogens with one attached hydrogen (secondary N) is 2. The fourth-order valence-corrected chi connectivity index (χ4v) is 1.69. The van der Waals surface area contributed by atoms with Crippen molar-refractivity contribution in [2.45, 2.75) is 46.2 Å². The van der Waals surface area contributed by atoms with Crippen LogP contribution in [0.5, 0.6) is 0 Å². The summed E-state index contributed by atoms with van der Waals surface area (Å²) >= 11 is 0. The Hall–Kier alpha value is -2.04. The largest absolute Gasteiger partial charge is 0.399 e. The molecule has 0 aliphatic rings. The first-order valence-electron chi connectivity index (χ1n) is 6.82. The Labute approximate surface area is 119 Å². The first-order chi connectivity index (χ1) is 9.35. The van der Waals surface area contributed by atoms with E-state index in [9.17, 15) is 9.59 Å². The monoisotopic (exact) mass is 277 g/mol. The second-order valence-corrected chi connectivity index (χ2v) is 5.09. The lowest BCUT2D eigenvalue weighted by Gasteiger charge is -2.18. The quantitative estimate of drug-likeness (QED) is 0.715. The highest BCUT2D eigenvalue weighted by atomic mass is 16.2. The topological polar surface area (TPSA) is 84.2 Å². The molecular weight excluding hydrogens is 254 g/mol. The normalized spacial score (nSPS) is 13.4. The van der Waals surface area contributed by atoms with Crippen molar-refractivity contribution in [2.75, 3.05) is 5.73 Å². The molecule has 0 heterocycles. The van der Waals surface area contributed by atoms with E-state index in [1.54, 1.807) is 25.1 Å². The summed E-state index contributed by atoms with van der Waals surface area (Å²) in [6.07, 6.45) is 0.848. The molecule has 2 unspecified atom stereocenters. The van der Waals surface area contributed by atoms with Crippen LogP contribution in [0, 0.1) is 6.92 Å². The molecule has 0 fully saturated rings. The van der Waals surface area contributed by atoms with Crippen LogP contribution in [0.15, 0.2) is 18.2 Å². The molecule has 5 nitrogen and oxygen atoms in total. The number of nitrogens with two attached hydrogens (primary N) is 1. The van der Waals surface area contributed by atoms with Gasteiger partial charge < -0.3 is 16.4 Å². The fourth-order valence-electron chi connectivity index (χ4n) is 1.69. The number of benzene rings is 1. The van der Waals surface area contributed by atoms with Crippen LogP contribution in [0.25, 0.3) is 0 Å². The number of hydrogen-bond acceptors (Lipinski definition) is 3. The van der Waals surface area contributed by atoms with Crippen LogP contribution >= 0.6 is 0 Å². The number of anilines is 1. The SMILES string of the molecule is CCC(C)NC(=O)C(C)NC(=O)c1cc(N)ccc1C. The second-order valence-electron chi connectivity index (χ2n) is 5.09. The molecule has 0 saturated heterocycles. The molecule has 1 rings (SSSR count). The van der Waals surface area contributed by atoms with Crippen molar-refractivity contribution in [3.63, 3.8) is 0 Å². The van der Waals surface area contributed by atoms with E-state index in [4.69, 9.17) is 5.73 Å². The highest BCUT2D eigenvalue weighted by Gasteiger charge is 2.18.